The van der Waals surface area contributed by atoms with Crippen molar-refractivity contribution >= 4 is 11.6 Å². The topological polar surface area (TPSA) is 136 Å². The van der Waals surface area contributed by atoms with Crippen molar-refractivity contribution in [3.8, 4) is 11.1 Å². The Hall–Kier alpha value is -4.11. The highest BCUT2D eigenvalue weighted by atomic mass is 19.4. The minimum Gasteiger partial charge on any atom is -0.382 e. The third kappa shape index (κ3) is 6.56. The number of hydrogen-bond acceptors (Lipinski definition) is 9. The van der Waals surface area contributed by atoms with Crippen molar-refractivity contribution in [1.82, 2.24) is 24.6 Å². The number of aromatic nitrogens is 4. The Morgan fingerprint density at radius 3 is 2.46 bits per heavy atom. The molecule has 0 spiro atoms. The van der Waals surface area contributed by atoms with Crippen LogP contribution in [0.4, 0.5) is 13.2 Å². The zero-order valence-corrected chi connectivity index (χ0v) is 25.2. The molecule has 0 amide bonds. The highest BCUT2D eigenvalue weighted by Gasteiger charge is 2.39. The number of rotatable bonds is 10. The van der Waals surface area contributed by atoms with E-state index < -0.39 is 31.4 Å². The Morgan fingerprint density at radius 1 is 1.09 bits per heavy atom. The maximum absolute atomic E-state index is 14.2. The Bertz CT molecular complexity index is 1760. The molecule has 2 aromatic carbocycles. The number of alkyl halides is 3. The lowest BCUT2D eigenvalue weighted by Gasteiger charge is -2.31. The summed E-state index contributed by atoms with van der Waals surface area (Å²) in [7, 11) is 0. The first-order valence-corrected chi connectivity index (χ1v) is 15.3. The van der Waals surface area contributed by atoms with Gasteiger partial charge in [0.1, 0.15) is 6.33 Å². The summed E-state index contributed by atoms with van der Waals surface area (Å²) in [5, 5.41) is 23.4. The van der Waals surface area contributed by atoms with Gasteiger partial charge in [0.25, 0.3) is 12.0 Å². The summed E-state index contributed by atoms with van der Waals surface area (Å²) in [5.41, 5.74) is 7.43. The van der Waals surface area contributed by atoms with Crippen LogP contribution in [0.2, 0.25) is 0 Å². The van der Waals surface area contributed by atoms with Crippen molar-refractivity contribution < 1.29 is 33.0 Å². The van der Waals surface area contributed by atoms with Crippen LogP contribution in [0.3, 0.4) is 0 Å². The van der Waals surface area contributed by atoms with Crippen molar-refractivity contribution in [2.24, 2.45) is 4.99 Å². The van der Waals surface area contributed by atoms with E-state index in [0.29, 0.717) is 55.7 Å². The monoisotopic (exact) mass is 640 g/mol. The number of amidine groups is 1. The van der Waals surface area contributed by atoms with Crippen LogP contribution in [-0.4, -0.2) is 66.6 Å². The van der Waals surface area contributed by atoms with Gasteiger partial charge in [-0.05, 0) is 48.8 Å². The molecule has 0 bridgehead atoms. The maximum atomic E-state index is 14.2. The second kappa shape index (κ2) is 13.3. The molecule has 0 radical (unpaired) electrons. The first-order chi connectivity index (χ1) is 22.1. The highest BCUT2D eigenvalue weighted by molar-refractivity contribution is 6.04. The molecule has 1 fully saturated rings. The van der Waals surface area contributed by atoms with Gasteiger partial charge in [0.2, 0.25) is 5.78 Å². The lowest BCUT2D eigenvalue weighted by molar-refractivity contribution is -0.222. The van der Waals surface area contributed by atoms with E-state index in [4.69, 9.17) is 9.57 Å². The average molecular weight is 641 g/mol. The van der Waals surface area contributed by atoms with Gasteiger partial charge in [-0.15, -0.1) is 0 Å². The van der Waals surface area contributed by atoms with Crippen molar-refractivity contribution in [3.63, 3.8) is 0 Å². The summed E-state index contributed by atoms with van der Waals surface area (Å²) in [4.78, 5) is 27.7. The number of hydrogen-bond donors (Lipinski definition) is 3. The number of nitrogens with one attached hydrogen (secondary N) is 1. The lowest BCUT2D eigenvalue weighted by atomic mass is 9.92. The largest absolute Gasteiger partial charge is 0.416 e. The SMILES string of the molecule is CCCc1c(Cc2ccc(-c3ccccc3C3=NC(O)ON3)cc2)c(=O)n(C2CCC(OCC(O)C(F)(F)F)CC2)c2ncnn12. The minimum absolute atomic E-state index is 0.154. The van der Waals surface area contributed by atoms with Gasteiger partial charge in [-0.3, -0.25) is 9.36 Å². The van der Waals surface area contributed by atoms with Gasteiger partial charge >= 0.3 is 6.18 Å². The smallest absolute Gasteiger partial charge is 0.382 e. The molecule has 11 nitrogen and oxygen atoms in total. The predicted octanol–water partition coefficient (Wildman–Crippen LogP) is 4.08. The number of hydroxylamine groups is 1. The molecule has 2 atom stereocenters. The number of aliphatic hydroxyl groups is 2. The molecule has 1 aliphatic heterocycles. The van der Waals surface area contributed by atoms with Gasteiger partial charge in [-0.25, -0.2) is 19.8 Å². The Balaban J connectivity index is 1.26. The van der Waals surface area contributed by atoms with Crippen LogP contribution in [0, 0.1) is 0 Å². The molecule has 1 aliphatic carbocycles. The van der Waals surface area contributed by atoms with Gasteiger partial charge in [-0.1, -0.05) is 61.9 Å². The number of fused-ring (bicyclic) bond motifs is 1. The summed E-state index contributed by atoms with van der Waals surface area (Å²) in [6.45, 7) is 1.23. The molecule has 4 aromatic rings. The number of nitrogens with zero attached hydrogens (tertiary/aromatic N) is 5. The van der Waals surface area contributed by atoms with E-state index in [0.717, 1.165) is 34.4 Å². The fourth-order valence-corrected chi connectivity index (χ4v) is 6.21. The second-order valence-electron chi connectivity index (χ2n) is 11.6. The third-order valence-electron chi connectivity index (χ3n) is 8.52. The molecular weight excluding hydrogens is 605 g/mol. The first kappa shape index (κ1) is 31.9. The van der Waals surface area contributed by atoms with Crippen LogP contribution < -0.4 is 11.0 Å². The summed E-state index contributed by atoms with van der Waals surface area (Å²) in [6, 6.07) is 15.3. The summed E-state index contributed by atoms with van der Waals surface area (Å²) < 4.78 is 46.9. The molecule has 3 N–H and O–H groups in total. The van der Waals surface area contributed by atoms with E-state index >= 15 is 0 Å². The Labute approximate surface area is 262 Å². The third-order valence-corrected chi connectivity index (χ3v) is 8.52. The predicted molar refractivity (Wildman–Crippen MR) is 162 cm³/mol. The van der Waals surface area contributed by atoms with E-state index in [1.54, 1.807) is 9.08 Å². The van der Waals surface area contributed by atoms with E-state index in [9.17, 15) is 28.2 Å². The molecule has 46 heavy (non-hydrogen) atoms. The maximum Gasteiger partial charge on any atom is 0.416 e. The zero-order chi connectivity index (χ0) is 32.4. The Morgan fingerprint density at radius 2 is 1.80 bits per heavy atom. The van der Waals surface area contributed by atoms with Crippen LogP contribution in [0.15, 0.2) is 64.6 Å². The van der Waals surface area contributed by atoms with E-state index in [1.807, 2.05) is 55.5 Å². The quantitative estimate of drug-likeness (QED) is 0.236. The van der Waals surface area contributed by atoms with E-state index in [-0.39, 0.29) is 11.6 Å². The van der Waals surface area contributed by atoms with Crippen LogP contribution in [0.1, 0.15) is 67.5 Å². The van der Waals surface area contributed by atoms with Gasteiger partial charge < -0.3 is 14.9 Å². The molecule has 2 aromatic heterocycles. The lowest BCUT2D eigenvalue weighted by Crippen LogP contribution is -2.37. The van der Waals surface area contributed by atoms with Crippen molar-refractivity contribution in [2.45, 2.75) is 82.7 Å². The van der Waals surface area contributed by atoms with Gasteiger partial charge in [0, 0.05) is 23.6 Å². The fraction of sp³-hybridized carbons (Fsp3) is 0.438. The molecule has 244 valence electrons. The minimum atomic E-state index is -4.73. The molecule has 6 rings (SSSR count). The molecule has 2 aliphatic rings. The molecule has 3 heterocycles. The number of aliphatic hydroxyl groups excluding tert-OH is 2. The number of benzene rings is 2. The Kier molecular flexibility index (Phi) is 9.22. The van der Waals surface area contributed by atoms with E-state index in [2.05, 4.69) is 20.6 Å². The number of aryl methyl sites for hydroxylation is 1. The molecular formula is C32H35F3N6O5. The van der Waals surface area contributed by atoms with Crippen LogP contribution >= 0.6 is 0 Å². The second-order valence-corrected chi connectivity index (χ2v) is 11.6. The van der Waals surface area contributed by atoms with Crippen LogP contribution in [0.5, 0.6) is 0 Å². The highest BCUT2D eigenvalue weighted by Crippen LogP contribution is 2.32. The average Bonchev–Trinajstić information content (AvgIpc) is 3.71. The molecule has 1 saturated carbocycles. The van der Waals surface area contributed by atoms with E-state index in [1.165, 1.54) is 6.33 Å². The summed E-state index contributed by atoms with van der Waals surface area (Å²) >= 11 is 0. The summed E-state index contributed by atoms with van der Waals surface area (Å²) in [6.07, 6.45) is -3.81. The standard InChI is InChI=1S/C32H35F3N6O5/c1-2-5-26-25(16-19-8-10-20(11-9-19)23-6-3-4-7-24(23)28-38-31(44)46-39-28)29(43)40(30-36-18-37-41(26)30)21-12-14-22(15-13-21)45-17-27(42)32(33,34)35/h3-4,6-11,18,21-22,27,31,42,44H,2,5,12-17H2,1H3,(H,38,39). The number of aliphatic imine (C=N–C) groups is 1. The number of ether oxygens (including phenoxy) is 1. The van der Waals surface area contributed by atoms with Crippen molar-refractivity contribution in [1.29, 1.82) is 0 Å². The van der Waals surface area contributed by atoms with Gasteiger partial charge in [-0.2, -0.15) is 23.3 Å². The van der Waals surface area contributed by atoms with Crippen molar-refractivity contribution in [2.75, 3.05) is 6.61 Å². The normalized spacial score (nSPS) is 20.9. The fourth-order valence-electron chi connectivity index (χ4n) is 6.21. The van der Waals surface area contributed by atoms with Crippen LogP contribution in [0.25, 0.3) is 16.9 Å². The van der Waals surface area contributed by atoms with Crippen molar-refractivity contribution in [3.05, 3.63) is 87.6 Å². The van der Waals surface area contributed by atoms with Crippen LogP contribution in [-0.2, 0) is 22.4 Å². The number of halogens is 3. The summed E-state index contributed by atoms with van der Waals surface area (Å²) in [5.74, 6) is 0.871. The molecule has 2 unspecified atom stereocenters. The van der Waals surface area contributed by atoms with Gasteiger partial charge in [0.05, 0.1) is 18.4 Å². The first-order valence-electron chi connectivity index (χ1n) is 15.3. The molecule has 0 saturated heterocycles. The zero-order valence-electron chi connectivity index (χ0n) is 25.2. The molecule has 14 heteroatoms. The van der Waals surface area contributed by atoms with Gasteiger partial charge in [0.15, 0.2) is 11.9 Å².